The summed E-state index contributed by atoms with van der Waals surface area (Å²) < 4.78 is 30.9. The number of aromatic nitrogens is 3. The van der Waals surface area contributed by atoms with Gasteiger partial charge in [0.25, 0.3) is 0 Å². The number of sulfonamides is 1. The minimum atomic E-state index is -3.38. The summed E-state index contributed by atoms with van der Waals surface area (Å²) in [5, 5.41) is 11.5. The van der Waals surface area contributed by atoms with Crippen molar-refractivity contribution in [3.8, 4) is 11.1 Å². The molecule has 4 aromatic rings. The molecule has 0 saturated heterocycles. The van der Waals surface area contributed by atoms with Crippen LogP contribution in [0.4, 0.5) is 5.69 Å². The summed E-state index contributed by atoms with van der Waals surface area (Å²) in [4.78, 5) is 13.0. The Morgan fingerprint density at radius 2 is 1.94 bits per heavy atom. The van der Waals surface area contributed by atoms with Gasteiger partial charge in [-0.05, 0) is 36.2 Å². The number of hydrogen-bond acceptors (Lipinski definition) is 7. The van der Waals surface area contributed by atoms with E-state index in [1.54, 1.807) is 32.2 Å². The molecule has 0 aliphatic heterocycles. The Morgan fingerprint density at radius 1 is 1.18 bits per heavy atom. The SMILES string of the molecule is COCCc1nc2c(CC(C)(O)CN)nc3cc(-c4cccc(NS(C)(=O)=O)c4)ccc3c2[nH]1. The van der Waals surface area contributed by atoms with Crippen molar-refractivity contribution in [1.82, 2.24) is 15.0 Å². The molecule has 34 heavy (non-hydrogen) atoms. The fourth-order valence-corrected chi connectivity index (χ4v) is 4.44. The molecule has 2 aromatic heterocycles. The second-order valence-electron chi connectivity index (χ2n) is 8.77. The van der Waals surface area contributed by atoms with E-state index in [2.05, 4.69) is 9.71 Å². The van der Waals surface area contributed by atoms with Gasteiger partial charge in [-0.15, -0.1) is 0 Å². The van der Waals surface area contributed by atoms with Gasteiger partial charge < -0.3 is 20.6 Å². The number of imidazole rings is 1. The van der Waals surface area contributed by atoms with E-state index < -0.39 is 15.6 Å². The van der Waals surface area contributed by atoms with E-state index in [0.717, 1.165) is 39.6 Å². The van der Waals surface area contributed by atoms with Crippen molar-refractivity contribution in [3.05, 3.63) is 54.0 Å². The van der Waals surface area contributed by atoms with Gasteiger partial charge in [0.2, 0.25) is 10.0 Å². The minimum absolute atomic E-state index is 0.0926. The van der Waals surface area contributed by atoms with Crippen LogP contribution in [0.3, 0.4) is 0 Å². The molecule has 0 amide bonds. The second kappa shape index (κ2) is 9.30. The van der Waals surface area contributed by atoms with E-state index in [9.17, 15) is 13.5 Å². The number of aliphatic hydroxyl groups is 1. The van der Waals surface area contributed by atoms with Crippen LogP contribution in [0.2, 0.25) is 0 Å². The second-order valence-corrected chi connectivity index (χ2v) is 10.5. The summed E-state index contributed by atoms with van der Waals surface area (Å²) >= 11 is 0. The monoisotopic (exact) mass is 483 g/mol. The van der Waals surface area contributed by atoms with Crippen LogP contribution in [0.15, 0.2) is 42.5 Å². The topological polar surface area (TPSA) is 143 Å². The van der Waals surface area contributed by atoms with Crippen LogP contribution in [-0.4, -0.2) is 60.6 Å². The van der Waals surface area contributed by atoms with Gasteiger partial charge in [-0.3, -0.25) is 9.71 Å². The van der Waals surface area contributed by atoms with Crippen molar-refractivity contribution < 1.29 is 18.3 Å². The first-order chi connectivity index (χ1) is 16.1. The van der Waals surface area contributed by atoms with Crippen LogP contribution in [-0.2, 0) is 27.6 Å². The third-order valence-electron chi connectivity index (χ3n) is 5.58. The quantitative estimate of drug-likeness (QED) is 0.286. The van der Waals surface area contributed by atoms with Crippen molar-refractivity contribution in [2.75, 3.05) is 31.2 Å². The van der Waals surface area contributed by atoms with E-state index in [1.807, 2.05) is 24.3 Å². The van der Waals surface area contributed by atoms with Gasteiger partial charge >= 0.3 is 0 Å². The summed E-state index contributed by atoms with van der Waals surface area (Å²) in [7, 11) is -1.74. The average molecular weight is 484 g/mol. The molecule has 0 spiro atoms. The van der Waals surface area contributed by atoms with Gasteiger partial charge in [0.15, 0.2) is 0 Å². The Morgan fingerprint density at radius 3 is 2.65 bits per heavy atom. The lowest BCUT2D eigenvalue weighted by Crippen LogP contribution is -2.36. The van der Waals surface area contributed by atoms with E-state index >= 15 is 0 Å². The zero-order valence-electron chi connectivity index (χ0n) is 19.4. The molecule has 9 nitrogen and oxygen atoms in total. The Labute approximate surface area is 198 Å². The number of rotatable bonds is 9. The summed E-state index contributed by atoms with van der Waals surface area (Å²) in [6.45, 7) is 2.30. The highest BCUT2D eigenvalue weighted by atomic mass is 32.2. The molecule has 0 saturated carbocycles. The third-order valence-corrected chi connectivity index (χ3v) is 6.19. The molecule has 10 heteroatoms. The maximum Gasteiger partial charge on any atom is 0.229 e. The zero-order chi connectivity index (χ0) is 24.5. The number of methoxy groups -OCH3 is 1. The van der Waals surface area contributed by atoms with Crippen LogP contribution in [0.25, 0.3) is 33.1 Å². The number of nitrogens with one attached hydrogen (secondary N) is 2. The maximum absolute atomic E-state index is 11.6. The molecule has 1 unspecified atom stereocenters. The Balaban J connectivity index is 1.85. The van der Waals surface area contributed by atoms with Gasteiger partial charge in [-0.1, -0.05) is 24.3 Å². The number of aromatic amines is 1. The van der Waals surface area contributed by atoms with Gasteiger partial charge in [0, 0.05) is 37.6 Å². The Bertz CT molecular complexity index is 1450. The summed E-state index contributed by atoms with van der Waals surface area (Å²) in [5.74, 6) is 0.781. The number of ether oxygens (including phenoxy) is 1. The lowest BCUT2D eigenvalue weighted by atomic mass is 9.97. The average Bonchev–Trinajstić information content (AvgIpc) is 3.21. The van der Waals surface area contributed by atoms with Crippen LogP contribution in [0.5, 0.6) is 0 Å². The van der Waals surface area contributed by atoms with Gasteiger partial charge in [0.1, 0.15) is 11.3 Å². The first-order valence-corrected chi connectivity index (χ1v) is 12.8. The van der Waals surface area contributed by atoms with E-state index in [-0.39, 0.29) is 13.0 Å². The fraction of sp³-hybridized carbons (Fsp3) is 0.333. The molecule has 0 aliphatic carbocycles. The zero-order valence-corrected chi connectivity index (χ0v) is 20.2. The van der Waals surface area contributed by atoms with Gasteiger partial charge in [-0.25, -0.2) is 13.4 Å². The molecule has 2 aromatic carbocycles. The predicted molar refractivity (Wildman–Crippen MR) is 134 cm³/mol. The number of pyridine rings is 1. The minimum Gasteiger partial charge on any atom is -0.388 e. The molecule has 2 heterocycles. The number of benzene rings is 2. The molecule has 4 rings (SSSR count). The number of nitrogens with zero attached hydrogens (tertiary/aromatic N) is 2. The van der Waals surface area contributed by atoms with Crippen molar-refractivity contribution in [1.29, 1.82) is 0 Å². The van der Waals surface area contributed by atoms with Crippen molar-refractivity contribution in [2.24, 2.45) is 5.73 Å². The number of anilines is 1. The molecule has 5 N–H and O–H groups in total. The highest BCUT2D eigenvalue weighted by Gasteiger charge is 2.23. The molecular weight excluding hydrogens is 454 g/mol. The van der Waals surface area contributed by atoms with Crippen LogP contribution >= 0.6 is 0 Å². The van der Waals surface area contributed by atoms with E-state index in [4.69, 9.17) is 20.4 Å². The lowest BCUT2D eigenvalue weighted by molar-refractivity contribution is 0.0690. The van der Waals surface area contributed by atoms with E-state index in [1.165, 1.54) is 0 Å². The van der Waals surface area contributed by atoms with Gasteiger partial charge in [0.05, 0.1) is 35.2 Å². The summed E-state index contributed by atoms with van der Waals surface area (Å²) in [5.41, 5.74) is 9.80. The van der Waals surface area contributed by atoms with Crippen molar-refractivity contribution >= 4 is 37.6 Å². The van der Waals surface area contributed by atoms with Crippen LogP contribution in [0.1, 0.15) is 18.4 Å². The van der Waals surface area contributed by atoms with Crippen LogP contribution < -0.4 is 10.5 Å². The number of H-pyrrole nitrogens is 1. The molecule has 0 aliphatic rings. The largest absolute Gasteiger partial charge is 0.388 e. The van der Waals surface area contributed by atoms with E-state index in [0.29, 0.717) is 29.9 Å². The van der Waals surface area contributed by atoms with Crippen LogP contribution in [0, 0.1) is 0 Å². The molecule has 1 atom stereocenters. The third kappa shape index (κ3) is 5.36. The number of hydrogen-bond donors (Lipinski definition) is 4. The first-order valence-electron chi connectivity index (χ1n) is 10.9. The molecule has 0 radical (unpaired) electrons. The molecule has 0 bridgehead atoms. The summed E-state index contributed by atoms with van der Waals surface area (Å²) in [6, 6.07) is 13.1. The summed E-state index contributed by atoms with van der Waals surface area (Å²) in [6.07, 6.45) is 1.99. The van der Waals surface area contributed by atoms with Crippen molar-refractivity contribution in [2.45, 2.75) is 25.4 Å². The fourth-order valence-electron chi connectivity index (χ4n) is 3.89. The standard InChI is InChI=1S/C24H29N5O4S/c1-24(30,14-25)13-20-23-22(27-21(28-23)9-10-33-2)18-8-7-16(12-19(18)26-20)15-5-4-6-17(11-15)29-34(3,31)32/h4-8,11-12,29-30H,9-10,13-14,25H2,1-3H3,(H,27,28). The molecule has 0 fully saturated rings. The first kappa shape index (κ1) is 24.1. The Hall–Kier alpha value is -3.05. The normalized spacial score (nSPS) is 13.9. The smallest absolute Gasteiger partial charge is 0.229 e. The highest BCUT2D eigenvalue weighted by molar-refractivity contribution is 7.92. The highest BCUT2D eigenvalue weighted by Crippen LogP contribution is 2.31. The maximum atomic E-state index is 11.6. The molecule has 180 valence electrons. The van der Waals surface area contributed by atoms with Gasteiger partial charge in [-0.2, -0.15) is 0 Å². The Kier molecular flexibility index (Phi) is 6.59. The number of nitrogens with two attached hydrogens (primary N) is 1. The lowest BCUT2D eigenvalue weighted by Gasteiger charge is -2.20. The number of fused-ring (bicyclic) bond motifs is 3. The molecular formula is C24H29N5O4S. The van der Waals surface area contributed by atoms with Crippen molar-refractivity contribution in [3.63, 3.8) is 0 Å². The predicted octanol–water partition coefficient (Wildman–Crippen LogP) is 2.59.